The van der Waals surface area contributed by atoms with E-state index in [0.29, 0.717) is 6.04 Å². The lowest BCUT2D eigenvalue weighted by atomic mass is 10.1. The van der Waals surface area contributed by atoms with E-state index in [1.54, 1.807) is 0 Å². The lowest BCUT2D eigenvalue weighted by molar-refractivity contribution is 0.353. The third kappa shape index (κ3) is 3.82. The van der Waals surface area contributed by atoms with Gasteiger partial charge in [-0.3, -0.25) is 0 Å². The smallest absolute Gasteiger partial charge is 0.0363 e. The van der Waals surface area contributed by atoms with Crippen LogP contribution >= 0.6 is 0 Å². The van der Waals surface area contributed by atoms with Gasteiger partial charge in [0.1, 0.15) is 0 Å². The van der Waals surface area contributed by atoms with Crippen LogP contribution in [0.4, 0.5) is 0 Å². The molecular formula is C13H23N. The van der Waals surface area contributed by atoms with Crippen LogP contribution < -0.4 is 0 Å². The fourth-order valence-electron chi connectivity index (χ4n) is 1.20. The molecule has 0 aliphatic carbocycles. The van der Waals surface area contributed by atoms with Crippen LogP contribution in [0.15, 0.2) is 36.1 Å². The maximum absolute atomic E-state index is 4.12. The van der Waals surface area contributed by atoms with Gasteiger partial charge in [-0.1, -0.05) is 31.7 Å². The van der Waals surface area contributed by atoms with Crippen molar-refractivity contribution in [1.82, 2.24) is 4.90 Å². The van der Waals surface area contributed by atoms with Crippen molar-refractivity contribution in [2.75, 3.05) is 7.05 Å². The Hall–Kier alpha value is -0.980. The molecule has 0 fully saturated rings. The molecule has 0 aliphatic rings. The highest BCUT2D eigenvalue weighted by Crippen LogP contribution is 2.16. The van der Waals surface area contributed by atoms with Gasteiger partial charge in [0.15, 0.2) is 0 Å². The summed E-state index contributed by atoms with van der Waals surface area (Å²) in [4.78, 5) is 2.20. The van der Waals surface area contributed by atoms with E-state index in [0.717, 1.165) is 12.1 Å². The highest BCUT2D eigenvalue weighted by molar-refractivity contribution is 5.36. The Labute approximate surface area is 88.8 Å². The molecule has 0 rings (SSSR count). The second-order valence-corrected chi connectivity index (χ2v) is 3.72. The van der Waals surface area contributed by atoms with Gasteiger partial charge in [0.25, 0.3) is 0 Å². The fraction of sp³-hybridized carbons (Fsp3) is 0.538. The van der Waals surface area contributed by atoms with Crippen LogP contribution in [0.5, 0.6) is 0 Å². The van der Waals surface area contributed by atoms with Crippen molar-refractivity contribution in [2.45, 2.75) is 40.2 Å². The van der Waals surface area contributed by atoms with Crippen LogP contribution in [0, 0.1) is 0 Å². The number of rotatable bonds is 5. The average Bonchev–Trinajstić information content (AvgIpc) is 2.15. The van der Waals surface area contributed by atoms with Crippen LogP contribution in [-0.2, 0) is 0 Å². The number of allylic oxidation sites excluding steroid dienone is 3. The second-order valence-electron chi connectivity index (χ2n) is 3.72. The van der Waals surface area contributed by atoms with Gasteiger partial charge in [0, 0.05) is 18.8 Å². The van der Waals surface area contributed by atoms with Crippen LogP contribution in [0.3, 0.4) is 0 Å². The predicted octanol–water partition coefficient (Wildman–Crippen LogP) is 3.75. The molecule has 0 N–H and O–H groups in total. The lowest BCUT2D eigenvalue weighted by Gasteiger charge is -2.26. The minimum Gasteiger partial charge on any atom is -0.372 e. The monoisotopic (exact) mass is 193 g/mol. The Bertz CT molecular complexity index is 234. The van der Waals surface area contributed by atoms with Crippen molar-refractivity contribution in [3.05, 3.63) is 36.1 Å². The lowest BCUT2D eigenvalue weighted by Crippen LogP contribution is -2.25. The summed E-state index contributed by atoms with van der Waals surface area (Å²) < 4.78 is 0. The number of hydrogen-bond acceptors (Lipinski definition) is 1. The molecule has 0 aromatic heterocycles. The molecule has 0 saturated carbocycles. The Kier molecular flexibility index (Phi) is 6.02. The summed E-state index contributed by atoms with van der Waals surface area (Å²) >= 11 is 0. The highest BCUT2D eigenvalue weighted by atomic mass is 15.1. The average molecular weight is 193 g/mol. The van der Waals surface area contributed by atoms with Gasteiger partial charge >= 0.3 is 0 Å². The molecule has 0 saturated heterocycles. The van der Waals surface area contributed by atoms with E-state index in [4.69, 9.17) is 0 Å². The van der Waals surface area contributed by atoms with Gasteiger partial charge in [-0.15, -0.1) is 0 Å². The maximum atomic E-state index is 4.12. The van der Waals surface area contributed by atoms with Crippen LogP contribution in [0.2, 0.25) is 0 Å². The molecule has 80 valence electrons. The molecule has 1 nitrogen and oxygen atoms in total. The molecule has 1 heteroatoms. The fourth-order valence-corrected chi connectivity index (χ4v) is 1.20. The molecule has 0 unspecified atom stereocenters. The van der Waals surface area contributed by atoms with E-state index in [1.807, 2.05) is 6.92 Å². The van der Waals surface area contributed by atoms with E-state index < -0.39 is 0 Å². The first-order valence-electron chi connectivity index (χ1n) is 5.29. The minimum atomic E-state index is 0.494. The Morgan fingerprint density at radius 3 is 2.36 bits per heavy atom. The summed E-state index contributed by atoms with van der Waals surface area (Å²) in [5.41, 5.74) is 2.33. The highest BCUT2D eigenvalue weighted by Gasteiger charge is 2.07. The summed E-state index contributed by atoms with van der Waals surface area (Å²) in [5, 5.41) is 0. The first-order chi connectivity index (χ1) is 6.54. The molecule has 14 heavy (non-hydrogen) atoms. The third-order valence-electron chi connectivity index (χ3n) is 2.30. The summed E-state index contributed by atoms with van der Waals surface area (Å²) in [6.07, 6.45) is 7.43. The molecule has 0 spiro atoms. The quantitative estimate of drug-likeness (QED) is 0.601. The van der Waals surface area contributed by atoms with Crippen LogP contribution in [-0.4, -0.2) is 18.0 Å². The zero-order valence-electron chi connectivity index (χ0n) is 10.2. The largest absolute Gasteiger partial charge is 0.372 e. The van der Waals surface area contributed by atoms with Crippen molar-refractivity contribution in [3.8, 4) is 0 Å². The van der Waals surface area contributed by atoms with Gasteiger partial charge in [-0.25, -0.2) is 0 Å². The normalized spacial score (nSPS) is 12.6. The Balaban J connectivity index is 4.69. The topological polar surface area (TPSA) is 3.24 Å². The molecular weight excluding hydrogens is 170 g/mol. The van der Waals surface area contributed by atoms with Gasteiger partial charge < -0.3 is 4.90 Å². The summed E-state index contributed by atoms with van der Waals surface area (Å²) in [5.74, 6) is 0. The van der Waals surface area contributed by atoms with Gasteiger partial charge in [-0.2, -0.15) is 0 Å². The van der Waals surface area contributed by atoms with Crippen LogP contribution in [0.1, 0.15) is 34.1 Å². The van der Waals surface area contributed by atoms with E-state index >= 15 is 0 Å². The van der Waals surface area contributed by atoms with Gasteiger partial charge in [0.2, 0.25) is 0 Å². The van der Waals surface area contributed by atoms with Crippen molar-refractivity contribution < 1.29 is 0 Å². The molecule has 0 aromatic carbocycles. The van der Waals surface area contributed by atoms with Crippen LogP contribution in [0.25, 0.3) is 0 Å². The van der Waals surface area contributed by atoms with Crippen molar-refractivity contribution in [3.63, 3.8) is 0 Å². The Morgan fingerprint density at radius 2 is 2.00 bits per heavy atom. The standard InChI is InChI=1S/C13H23N/c1-7-9-13(10-8-2)12(5)14(6)11(3)4/h7,9-11H,5,8H2,1-4,6H3/b9-7-,13-10+. The molecule has 0 heterocycles. The molecule has 0 bridgehead atoms. The molecule has 0 atom stereocenters. The predicted molar refractivity (Wildman–Crippen MR) is 65.2 cm³/mol. The van der Waals surface area contributed by atoms with E-state index in [-0.39, 0.29) is 0 Å². The number of likely N-dealkylation sites (N-methyl/N-ethyl adjacent to an activating group) is 1. The zero-order chi connectivity index (χ0) is 11.1. The Morgan fingerprint density at radius 1 is 1.43 bits per heavy atom. The summed E-state index contributed by atoms with van der Waals surface area (Å²) in [7, 11) is 2.08. The zero-order valence-corrected chi connectivity index (χ0v) is 10.2. The maximum Gasteiger partial charge on any atom is 0.0363 e. The first-order valence-corrected chi connectivity index (χ1v) is 5.29. The minimum absolute atomic E-state index is 0.494. The van der Waals surface area contributed by atoms with Crippen molar-refractivity contribution >= 4 is 0 Å². The molecule has 0 aromatic rings. The number of nitrogens with zero attached hydrogens (tertiary/aromatic N) is 1. The third-order valence-corrected chi connectivity index (χ3v) is 2.30. The van der Waals surface area contributed by atoms with Crippen molar-refractivity contribution in [1.29, 1.82) is 0 Å². The molecule has 0 aliphatic heterocycles. The van der Waals surface area contributed by atoms with Gasteiger partial charge in [0.05, 0.1) is 0 Å². The SMILES string of the molecule is C=C(C(/C=C\C)=C/CC)N(C)C(C)C. The molecule has 0 radical (unpaired) electrons. The van der Waals surface area contributed by atoms with E-state index in [9.17, 15) is 0 Å². The van der Waals surface area contributed by atoms with Gasteiger partial charge in [-0.05, 0) is 32.8 Å². The van der Waals surface area contributed by atoms with Crippen molar-refractivity contribution in [2.24, 2.45) is 0 Å². The first kappa shape index (κ1) is 13.0. The van der Waals surface area contributed by atoms with E-state index in [1.165, 1.54) is 5.57 Å². The second kappa shape index (κ2) is 6.47. The molecule has 0 amide bonds. The summed E-state index contributed by atoms with van der Waals surface area (Å²) in [6, 6.07) is 0.494. The van der Waals surface area contributed by atoms with E-state index in [2.05, 4.69) is 57.5 Å². The number of hydrogen-bond donors (Lipinski definition) is 0. The summed E-state index contributed by atoms with van der Waals surface area (Å²) in [6.45, 7) is 12.6.